The van der Waals surface area contributed by atoms with E-state index < -0.39 is 17.5 Å². The number of hydrogen-bond donors (Lipinski definition) is 1. The molecular weight excluding hydrogens is 400 g/mol. The van der Waals surface area contributed by atoms with Crippen molar-refractivity contribution < 1.29 is 13.5 Å². The van der Waals surface area contributed by atoms with Crippen LogP contribution in [0, 0.1) is 4.77 Å². The van der Waals surface area contributed by atoms with Crippen molar-refractivity contribution in [2.45, 2.75) is 6.43 Å². The molecule has 0 fully saturated rings. The molecule has 0 amide bonds. The zero-order chi connectivity index (χ0) is 20.7. The van der Waals surface area contributed by atoms with Crippen LogP contribution in [0.25, 0.3) is 28.1 Å². The molecule has 0 bridgehead atoms. The van der Waals surface area contributed by atoms with E-state index in [-0.39, 0.29) is 21.5 Å². The number of pyridine rings is 1. The Morgan fingerprint density at radius 2 is 1.97 bits per heavy atom. The molecule has 10 heteroatoms. The number of nitrogens with one attached hydrogen (secondary N) is 1. The van der Waals surface area contributed by atoms with Gasteiger partial charge in [0.15, 0.2) is 10.4 Å². The number of H-pyrrole nitrogens is 1. The van der Waals surface area contributed by atoms with Crippen LogP contribution in [-0.2, 0) is 7.05 Å². The minimum Gasteiger partial charge on any atom is -0.495 e. The summed E-state index contributed by atoms with van der Waals surface area (Å²) in [4.78, 5) is 19.5. The molecule has 0 aliphatic carbocycles. The SMILES string of the molecule is COc1ccccc1-n1c(=S)[nH]c(=O)c2c(C(F)F)cc(-c3ccn(C)n3)nc21. The predicted molar refractivity (Wildman–Crippen MR) is 106 cm³/mol. The monoisotopic (exact) mass is 415 g/mol. The number of rotatable bonds is 4. The van der Waals surface area contributed by atoms with Crippen molar-refractivity contribution >= 4 is 23.3 Å². The van der Waals surface area contributed by atoms with Crippen molar-refractivity contribution in [2.75, 3.05) is 7.11 Å². The second-order valence-corrected chi connectivity index (χ2v) is 6.62. The van der Waals surface area contributed by atoms with Crippen molar-refractivity contribution in [1.82, 2.24) is 24.3 Å². The zero-order valence-electron chi connectivity index (χ0n) is 15.4. The number of aryl methyl sites for hydroxylation is 1. The maximum Gasteiger partial charge on any atom is 0.264 e. The van der Waals surface area contributed by atoms with Crippen LogP contribution >= 0.6 is 12.2 Å². The molecule has 0 spiro atoms. The quantitative estimate of drug-likeness (QED) is 0.513. The average molecular weight is 415 g/mol. The van der Waals surface area contributed by atoms with Crippen LogP contribution in [0.2, 0.25) is 0 Å². The van der Waals surface area contributed by atoms with Gasteiger partial charge in [0.1, 0.15) is 11.4 Å². The van der Waals surface area contributed by atoms with Gasteiger partial charge in [-0.15, -0.1) is 0 Å². The van der Waals surface area contributed by atoms with E-state index >= 15 is 0 Å². The number of nitrogens with zero attached hydrogens (tertiary/aromatic N) is 4. The van der Waals surface area contributed by atoms with E-state index in [4.69, 9.17) is 17.0 Å². The van der Waals surface area contributed by atoms with Crippen LogP contribution < -0.4 is 10.3 Å². The maximum atomic E-state index is 13.9. The highest BCUT2D eigenvalue weighted by molar-refractivity contribution is 7.71. The van der Waals surface area contributed by atoms with Crippen molar-refractivity contribution in [3.63, 3.8) is 0 Å². The number of alkyl halides is 2. The first-order valence-electron chi connectivity index (χ1n) is 8.52. The molecule has 29 heavy (non-hydrogen) atoms. The topological polar surface area (TPSA) is 77.7 Å². The summed E-state index contributed by atoms with van der Waals surface area (Å²) in [5, 5.41) is 4.00. The van der Waals surface area contributed by atoms with E-state index in [1.165, 1.54) is 22.4 Å². The van der Waals surface area contributed by atoms with Gasteiger partial charge in [0.05, 0.1) is 23.9 Å². The summed E-state index contributed by atoms with van der Waals surface area (Å²) >= 11 is 5.33. The molecule has 0 unspecified atom stereocenters. The average Bonchev–Trinajstić information content (AvgIpc) is 3.13. The van der Waals surface area contributed by atoms with Gasteiger partial charge in [-0.25, -0.2) is 13.8 Å². The molecule has 4 rings (SSSR count). The molecule has 1 aromatic carbocycles. The Kier molecular flexibility index (Phi) is 4.71. The van der Waals surface area contributed by atoms with Crippen molar-refractivity contribution in [3.8, 4) is 22.8 Å². The molecule has 0 radical (unpaired) electrons. The number of para-hydroxylation sites is 2. The fourth-order valence-corrected chi connectivity index (χ4v) is 3.43. The number of halogens is 2. The summed E-state index contributed by atoms with van der Waals surface area (Å²) in [5.41, 5.74) is -0.109. The predicted octanol–water partition coefficient (Wildman–Crippen LogP) is 3.79. The Bertz CT molecular complexity index is 1340. The molecule has 3 heterocycles. The van der Waals surface area contributed by atoms with Gasteiger partial charge in [0, 0.05) is 18.8 Å². The minimum atomic E-state index is -2.90. The van der Waals surface area contributed by atoms with Gasteiger partial charge in [0.25, 0.3) is 12.0 Å². The Morgan fingerprint density at radius 3 is 2.62 bits per heavy atom. The number of benzene rings is 1. The lowest BCUT2D eigenvalue weighted by Gasteiger charge is -2.16. The molecule has 1 N–H and O–H groups in total. The van der Waals surface area contributed by atoms with Crippen LogP contribution in [0.4, 0.5) is 8.78 Å². The van der Waals surface area contributed by atoms with Gasteiger partial charge in [-0.3, -0.25) is 19.0 Å². The third-order valence-corrected chi connectivity index (χ3v) is 4.72. The zero-order valence-corrected chi connectivity index (χ0v) is 16.2. The molecule has 148 valence electrons. The number of methoxy groups -OCH3 is 1. The Morgan fingerprint density at radius 1 is 1.21 bits per heavy atom. The number of fused-ring (bicyclic) bond motifs is 1. The van der Waals surface area contributed by atoms with Gasteiger partial charge < -0.3 is 4.74 Å². The van der Waals surface area contributed by atoms with Gasteiger partial charge in [-0.2, -0.15) is 5.10 Å². The molecule has 3 aromatic heterocycles. The summed E-state index contributed by atoms with van der Waals surface area (Å²) in [7, 11) is 3.19. The molecule has 0 saturated carbocycles. The van der Waals surface area contributed by atoms with Crippen LogP contribution in [0.5, 0.6) is 5.75 Å². The molecule has 0 saturated heterocycles. The summed E-state index contributed by atoms with van der Waals surface area (Å²) < 4.78 is 36.1. The van der Waals surface area contributed by atoms with Crippen LogP contribution in [0.3, 0.4) is 0 Å². The summed E-state index contributed by atoms with van der Waals surface area (Å²) in [6.45, 7) is 0. The lowest BCUT2D eigenvalue weighted by molar-refractivity contribution is 0.153. The summed E-state index contributed by atoms with van der Waals surface area (Å²) in [6.07, 6.45) is -1.22. The number of aromatic nitrogens is 5. The first kappa shape index (κ1) is 18.9. The smallest absolute Gasteiger partial charge is 0.264 e. The Labute approximate surface area is 168 Å². The normalized spacial score (nSPS) is 11.3. The van der Waals surface area contributed by atoms with E-state index in [2.05, 4.69) is 15.1 Å². The third kappa shape index (κ3) is 3.21. The molecule has 0 aliphatic heterocycles. The molecular formula is C19H15F2N5O2S. The van der Waals surface area contributed by atoms with Crippen molar-refractivity contribution in [1.29, 1.82) is 0 Å². The van der Waals surface area contributed by atoms with Crippen molar-refractivity contribution in [2.24, 2.45) is 7.05 Å². The summed E-state index contributed by atoms with van der Waals surface area (Å²) in [6, 6.07) is 9.73. The van der Waals surface area contributed by atoms with E-state index in [0.717, 1.165) is 0 Å². The lowest BCUT2D eigenvalue weighted by atomic mass is 10.1. The maximum absolute atomic E-state index is 13.9. The molecule has 4 aromatic rings. The van der Waals surface area contributed by atoms with Gasteiger partial charge in [-0.05, 0) is 36.5 Å². The number of aromatic amines is 1. The molecule has 0 atom stereocenters. The van der Waals surface area contributed by atoms with Crippen LogP contribution in [0.15, 0.2) is 47.4 Å². The van der Waals surface area contributed by atoms with E-state index in [9.17, 15) is 13.6 Å². The highest BCUT2D eigenvalue weighted by Gasteiger charge is 2.22. The number of ether oxygens (including phenoxy) is 1. The van der Waals surface area contributed by atoms with Crippen LogP contribution in [-0.4, -0.2) is 31.4 Å². The minimum absolute atomic E-state index is 0.00158. The van der Waals surface area contributed by atoms with E-state index in [1.54, 1.807) is 43.6 Å². The van der Waals surface area contributed by atoms with Gasteiger partial charge in [0.2, 0.25) is 0 Å². The highest BCUT2D eigenvalue weighted by atomic mass is 32.1. The van der Waals surface area contributed by atoms with Gasteiger partial charge in [-0.1, -0.05) is 12.1 Å². The second kappa shape index (κ2) is 7.21. The van der Waals surface area contributed by atoms with Crippen LogP contribution in [0.1, 0.15) is 12.0 Å². The fraction of sp³-hybridized carbons (Fsp3) is 0.158. The first-order valence-corrected chi connectivity index (χ1v) is 8.93. The molecule has 0 aliphatic rings. The van der Waals surface area contributed by atoms with E-state index in [0.29, 0.717) is 17.1 Å². The lowest BCUT2D eigenvalue weighted by Crippen LogP contribution is -2.17. The number of hydrogen-bond acceptors (Lipinski definition) is 5. The summed E-state index contributed by atoms with van der Waals surface area (Å²) in [5.74, 6) is 0.445. The van der Waals surface area contributed by atoms with Crippen molar-refractivity contribution in [3.05, 3.63) is 63.3 Å². The highest BCUT2D eigenvalue weighted by Crippen LogP contribution is 2.31. The largest absolute Gasteiger partial charge is 0.495 e. The Balaban J connectivity index is 2.18. The van der Waals surface area contributed by atoms with Gasteiger partial charge >= 0.3 is 0 Å². The third-order valence-electron chi connectivity index (χ3n) is 4.43. The second-order valence-electron chi connectivity index (χ2n) is 6.24. The standard InChI is InChI=1S/C19H15F2N5O2S/c1-25-8-7-11(24-25)12-9-10(16(20)21)15-17(22-12)26(19(29)23-18(15)27)13-5-3-4-6-14(13)28-2/h3-9,16H,1-2H3,(H,23,27,29). The molecule has 7 nitrogen and oxygen atoms in total. The Hall–Kier alpha value is -3.40. The van der Waals surface area contributed by atoms with E-state index in [1.807, 2.05) is 0 Å². The fourth-order valence-electron chi connectivity index (χ4n) is 3.15. The first-order chi connectivity index (χ1) is 13.9.